The number of benzene rings is 1. The van der Waals surface area contributed by atoms with Crippen molar-refractivity contribution in [3.63, 3.8) is 0 Å². The number of ether oxygens (including phenoxy) is 1. The minimum absolute atomic E-state index is 0.0436. The van der Waals surface area contributed by atoms with Crippen LogP contribution in [-0.2, 0) is 10.0 Å². The van der Waals surface area contributed by atoms with Gasteiger partial charge in [-0.25, -0.2) is 13.2 Å². The number of hydrogen-bond acceptors (Lipinski definition) is 5. The zero-order valence-electron chi connectivity index (χ0n) is 17.7. The number of urea groups is 1. The number of carbonyl (C=O) groups excluding carboxylic acids is 1. The van der Waals surface area contributed by atoms with Gasteiger partial charge in [0.25, 0.3) is 0 Å². The van der Waals surface area contributed by atoms with Gasteiger partial charge in [-0.05, 0) is 73.2 Å². The van der Waals surface area contributed by atoms with Gasteiger partial charge in [-0.1, -0.05) is 6.42 Å². The van der Waals surface area contributed by atoms with E-state index in [0.717, 1.165) is 37.7 Å². The highest BCUT2D eigenvalue weighted by atomic mass is 32.2. The van der Waals surface area contributed by atoms with Crippen molar-refractivity contribution in [2.24, 2.45) is 0 Å². The molecule has 4 rings (SSSR count). The molecule has 7 nitrogen and oxygen atoms in total. The highest BCUT2D eigenvalue weighted by Crippen LogP contribution is 2.35. The predicted octanol–water partition coefficient (Wildman–Crippen LogP) is 4.69. The number of carbonyl (C=O) groups is 1. The molecule has 168 valence electrons. The summed E-state index contributed by atoms with van der Waals surface area (Å²) in [6.07, 6.45) is 4.66. The Morgan fingerprint density at radius 2 is 1.97 bits per heavy atom. The van der Waals surface area contributed by atoms with Gasteiger partial charge in [-0.2, -0.15) is 15.6 Å². The van der Waals surface area contributed by atoms with Crippen molar-refractivity contribution < 1.29 is 17.9 Å². The number of nitrogens with zero attached hydrogens (tertiary/aromatic N) is 2. The molecule has 0 bridgehead atoms. The summed E-state index contributed by atoms with van der Waals surface area (Å²) in [6, 6.07) is 6.59. The number of likely N-dealkylation sites (tertiary alicyclic amines) is 1. The molecular weight excluding hydrogens is 434 g/mol. The van der Waals surface area contributed by atoms with E-state index in [-0.39, 0.29) is 17.0 Å². The molecule has 2 amide bonds. The van der Waals surface area contributed by atoms with Crippen molar-refractivity contribution >= 4 is 33.1 Å². The summed E-state index contributed by atoms with van der Waals surface area (Å²) in [5.41, 5.74) is 1.53. The second-order valence-corrected chi connectivity index (χ2v) is 10.6. The summed E-state index contributed by atoms with van der Waals surface area (Å²) < 4.78 is 33.4. The Hall–Kier alpha value is -2.10. The number of thiophene rings is 1. The summed E-state index contributed by atoms with van der Waals surface area (Å²) in [7, 11) is -3.60. The lowest BCUT2D eigenvalue weighted by Gasteiger charge is -2.27. The van der Waals surface area contributed by atoms with Crippen LogP contribution in [-0.4, -0.2) is 49.9 Å². The van der Waals surface area contributed by atoms with Gasteiger partial charge in [0.2, 0.25) is 10.0 Å². The van der Waals surface area contributed by atoms with Crippen LogP contribution in [0.25, 0.3) is 0 Å². The van der Waals surface area contributed by atoms with E-state index in [0.29, 0.717) is 37.7 Å². The highest BCUT2D eigenvalue weighted by Gasteiger charge is 2.31. The zero-order chi connectivity index (χ0) is 21.8. The number of anilines is 1. The Morgan fingerprint density at radius 1 is 1.16 bits per heavy atom. The van der Waals surface area contributed by atoms with Gasteiger partial charge in [0, 0.05) is 19.6 Å². The monoisotopic (exact) mass is 463 g/mol. The molecule has 0 saturated carbocycles. The van der Waals surface area contributed by atoms with Crippen molar-refractivity contribution in [1.29, 1.82) is 0 Å². The van der Waals surface area contributed by atoms with Gasteiger partial charge >= 0.3 is 6.03 Å². The Bertz CT molecular complexity index is 1000. The third-order valence-electron chi connectivity index (χ3n) is 5.89. The summed E-state index contributed by atoms with van der Waals surface area (Å²) >= 11 is 1.62. The molecule has 0 aliphatic carbocycles. The third kappa shape index (κ3) is 4.73. The van der Waals surface area contributed by atoms with Crippen LogP contribution in [0.3, 0.4) is 0 Å². The van der Waals surface area contributed by atoms with Crippen LogP contribution >= 0.6 is 11.3 Å². The molecule has 2 aliphatic rings. The van der Waals surface area contributed by atoms with Crippen molar-refractivity contribution in [2.75, 3.05) is 31.6 Å². The first kappa shape index (κ1) is 22.1. The summed E-state index contributed by atoms with van der Waals surface area (Å²) in [5.74, 6) is 0.472. The van der Waals surface area contributed by atoms with Crippen molar-refractivity contribution in [3.8, 4) is 5.75 Å². The van der Waals surface area contributed by atoms with Crippen molar-refractivity contribution in [3.05, 3.63) is 40.6 Å². The van der Waals surface area contributed by atoms with E-state index < -0.39 is 10.0 Å². The van der Waals surface area contributed by atoms with Gasteiger partial charge < -0.3 is 15.0 Å². The molecule has 1 aromatic carbocycles. The predicted molar refractivity (Wildman–Crippen MR) is 122 cm³/mol. The average molecular weight is 464 g/mol. The molecule has 2 fully saturated rings. The van der Waals surface area contributed by atoms with Gasteiger partial charge in [0.1, 0.15) is 5.75 Å². The number of sulfonamides is 1. The molecule has 1 atom stereocenters. The first-order valence-corrected chi connectivity index (χ1v) is 13.3. The van der Waals surface area contributed by atoms with Crippen LogP contribution < -0.4 is 10.1 Å². The lowest BCUT2D eigenvalue weighted by molar-refractivity contribution is 0.207. The maximum Gasteiger partial charge on any atom is 0.322 e. The van der Waals surface area contributed by atoms with Crippen LogP contribution in [0.1, 0.15) is 50.6 Å². The van der Waals surface area contributed by atoms with Crippen LogP contribution in [0.5, 0.6) is 5.75 Å². The van der Waals surface area contributed by atoms with Crippen LogP contribution in [0.4, 0.5) is 10.5 Å². The topological polar surface area (TPSA) is 79.0 Å². The van der Waals surface area contributed by atoms with E-state index in [1.165, 1.54) is 10.4 Å². The number of amides is 2. The van der Waals surface area contributed by atoms with Crippen molar-refractivity contribution in [1.82, 2.24) is 9.21 Å². The third-order valence-corrected chi connectivity index (χ3v) is 8.48. The Labute approximate surface area is 188 Å². The Balaban J connectivity index is 1.59. The number of rotatable bonds is 6. The molecule has 3 heterocycles. The van der Waals surface area contributed by atoms with E-state index >= 15 is 0 Å². The largest absolute Gasteiger partial charge is 0.492 e. The number of nitrogens with one attached hydrogen (secondary N) is 1. The van der Waals surface area contributed by atoms with Gasteiger partial charge in [-0.3, -0.25) is 0 Å². The molecule has 1 N–H and O–H groups in total. The van der Waals surface area contributed by atoms with E-state index in [1.54, 1.807) is 23.5 Å². The Kier molecular flexibility index (Phi) is 6.83. The molecule has 1 aromatic heterocycles. The maximum atomic E-state index is 13.1. The van der Waals surface area contributed by atoms with Gasteiger partial charge in [-0.15, -0.1) is 0 Å². The SMILES string of the molecule is CCOc1ccc(S(=O)(=O)N2CCCCC2)cc1NC(=O)N1CCCC1c1ccsc1. The van der Waals surface area contributed by atoms with Crippen LogP contribution in [0.2, 0.25) is 0 Å². The van der Waals surface area contributed by atoms with Gasteiger partial charge in [0.05, 0.1) is 23.2 Å². The first-order chi connectivity index (χ1) is 15.0. The second kappa shape index (κ2) is 9.58. The smallest absolute Gasteiger partial charge is 0.322 e. The highest BCUT2D eigenvalue weighted by molar-refractivity contribution is 7.89. The first-order valence-electron chi connectivity index (χ1n) is 10.9. The zero-order valence-corrected chi connectivity index (χ0v) is 19.4. The molecule has 2 aliphatic heterocycles. The second-order valence-electron chi connectivity index (χ2n) is 7.89. The fourth-order valence-electron chi connectivity index (χ4n) is 4.31. The van der Waals surface area contributed by atoms with E-state index in [2.05, 4.69) is 16.8 Å². The number of piperidine rings is 1. The molecule has 1 unspecified atom stereocenters. The lowest BCUT2D eigenvalue weighted by Crippen LogP contribution is -2.36. The summed E-state index contributed by atoms with van der Waals surface area (Å²) in [6.45, 7) is 4.02. The average Bonchev–Trinajstić information content (AvgIpc) is 3.47. The molecule has 2 saturated heterocycles. The summed E-state index contributed by atoms with van der Waals surface area (Å²) in [5, 5.41) is 7.02. The molecule has 31 heavy (non-hydrogen) atoms. The quantitative estimate of drug-likeness (QED) is 0.674. The Morgan fingerprint density at radius 3 is 2.68 bits per heavy atom. The normalized spacial score (nSPS) is 20.0. The van der Waals surface area contributed by atoms with Crippen LogP contribution in [0, 0.1) is 0 Å². The molecule has 9 heteroatoms. The van der Waals surface area contributed by atoms with E-state index in [9.17, 15) is 13.2 Å². The van der Waals surface area contributed by atoms with Crippen molar-refractivity contribution in [2.45, 2.75) is 50.0 Å². The maximum absolute atomic E-state index is 13.1. The lowest BCUT2D eigenvalue weighted by atomic mass is 10.1. The summed E-state index contributed by atoms with van der Waals surface area (Å²) in [4.78, 5) is 15.1. The van der Waals surface area contributed by atoms with Gasteiger partial charge in [0.15, 0.2) is 0 Å². The standard InChI is InChI=1S/C22H29N3O4S2/c1-2-29-21-9-8-18(31(27,28)24-11-4-3-5-12-24)15-19(21)23-22(26)25-13-6-7-20(25)17-10-14-30-16-17/h8-10,14-16,20H,2-7,11-13H2,1H3,(H,23,26). The van der Waals surface area contributed by atoms with Crippen LogP contribution in [0.15, 0.2) is 39.9 Å². The minimum Gasteiger partial charge on any atom is -0.492 e. The number of hydrogen-bond donors (Lipinski definition) is 1. The van der Waals surface area contributed by atoms with E-state index in [4.69, 9.17) is 4.74 Å². The molecule has 2 aromatic rings. The minimum atomic E-state index is -3.60. The fraction of sp³-hybridized carbons (Fsp3) is 0.500. The molecule has 0 radical (unpaired) electrons. The molecular formula is C22H29N3O4S2. The van der Waals surface area contributed by atoms with E-state index in [1.807, 2.05) is 17.2 Å². The molecule has 0 spiro atoms. The fourth-order valence-corrected chi connectivity index (χ4v) is 6.56.